The maximum atomic E-state index is 5.57. The molecule has 0 radical (unpaired) electrons. The average molecular weight is 283 g/mol. The summed E-state index contributed by atoms with van der Waals surface area (Å²) in [5.41, 5.74) is 2.57. The molecule has 0 atom stereocenters. The lowest BCUT2D eigenvalue weighted by atomic mass is 9.96. The fraction of sp³-hybridized carbons (Fsp3) is 0.368. The van der Waals surface area contributed by atoms with Gasteiger partial charge in [-0.1, -0.05) is 56.7 Å². The van der Waals surface area contributed by atoms with Crippen LogP contribution in [0, 0.1) is 5.92 Å². The van der Waals surface area contributed by atoms with Crippen molar-refractivity contribution in [1.29, 1.82) is 0 Å². The van der Waals surface area contributed by atoms with Crippen LogP contribution in [0.2, 0.25) is 0 Å². The fourth-order valence-corrected chi connectivity index (χ4v) is 2.48. The summed E-state index contributed by atoms with van der Waals surface area (Å²) in [5, 5.41) is 5.91. The van der Waals surface area contributed by atoms with Crippen LogP contribution in [0.3, 0.4) is 0 Å². The van der Waals surface area contributed by atoms with E-state index in [9.17, 15) is 0 Å². The van der Waals surface area contributed by atoms with Crippen LogP contribution in [0.1, 0.15) is 26.3 Å². The highest BCUT2D eigenvalue weighted by molar-refractivity contribution is 5.93. The molecule has 0 amide bonds. The van der Waals surface area contributed by atoms with Crippen molar-refractivity contribution in [1.82, 2.24) is 5.32 Å². The monoisotopic (exact) mass is 283 g/mol. The van der Waals surface area contributed by atoms with Crippen molar-refractivity contribution in [3.8, 4) is 5.75 Å². The smallest absolute Gasteiger partial charge is 0.126 e. The quantitative estimate of drug-likeness (QED) is 0.843. The number of nitrogens with one attached hydrogen (secondary N) is 1. The van der Waals surface area contributed by atoms with E-state index in [4.69, 9.17) is 4.74 Å². The summed E-state index contributed by atoms with van der Waals surface area (Å²) >= 11 is 0. The molecule has 0 aromatic heterocycles. The molecule has 112 valence electrons. The third kappa shape index (κ3) is 3.64. The molecule has 0 aliphatic rings. The molecule has 0 spiro atoms. The van der Waals surface area contributed by atoms with Crippen molar-refractivity contribution < 1.29 is 4.74 Å². The largest absolute Gasteiger partial charge is 0.496 e. The second-order valence-corrected chi connectivity index (χ2v) is 5.56. The first-order chi connectivity index (χ1) is 10.2. The number of methoxy groups -OCH3 is 1. The van der Waals surface area contributed by atoms with E-state index < -0.39 is 0 Å². The summed E-state index contributed by atoms with van der Waals surface area (Å²) in [6, 6.07) is 12.6. The molecule has 2 heteroatoms. The molecule has 0 saturated heterocycles. The van der Waals surface area contributed by atoms with E-state index in [0.29, 0.717) is 5.92 Å². The first-order valence-electron chi connectivity index (χ1n) is 7.64. The van der Waals surface area contributed by atoms with Crippen LogP contribution < -0.4 is 10.1 Å². The zero-order chi connectivity index (χ0) is 15.2. The van der Waals surface area contributed by atoms with Crippen LogP contribution in [-0.4, -0.2) is 20.2 Å². The van der Waals surface area contributed by atoms with Crippen LogP contribution in [0.5, 0.6) is 5.75 Å². The molecule has 2 aromatic rings. The van der Waals surface area contributed by atoms with Crippen LogP contribution in [0.4, 0.5) is 0 Å². The third-order valence-corrected chi connectivity index (χ3v) is 3.80. The van der Waals surface area contributed by atoms with E-state index >= 15 is 0 Å². The van der Waals surface area contributed by atoms with Gasteiger partial charge in [-0.3, -0.25) is 0 Å². The van der Waals surface area contributed by atoms with E-state index in [0.717, 1.165) is 18.8 Å². The van der Waals surface area contributed by atoms with E-state index in [1.54, 1.807) is 7.11 Å². The van der Waals surface area contributed by atoms with Crippen LogP contribution in [-0.2, 0) is 0 Å². The number of hydrogen-bond acceptors (Lipinski definition) is 2. The summed E-state index contributed by atoms with van der Waals surface area (Å²) in [6.45, 7) is 8.51. The Morgan fingerprint density at radius 1 is 1.19 bits per heavy atom. The minimum absolute atomic E-state index is 0.507. The summed E-state index contributed by atoms with van der Waals surface area (Å²) < 4.78 is 5.57. The number of hydrogen-bond donors (Lipinski definition) is 1. The molecule has 2 aromatic carbocycles. The second kappa shape index (κ2) is 7.28. The van der Waals surface area contributed by atoms with Gasteiger partial charge < -0.3 is 10.1 Å². The van der Waals surface area contributed by atoms with E-state index in [1.165, 1.54) is 21.9 Å². The average Bonchev–Trinajstić information content (AvgIpc) is 2.50. The summed E-state index contributed by atoms with van der Waals surface area (Å²) in [4.78, 5) is 0. The molecule has 0 fully saturated rings. The van der Waals surface area contributed by atoms with Crippen LogP contribution >= 0.6 is 0 Å². The Hall–Kier alpha value is -1.80. The van der Waals surface area contributed by atoms with Gasteiger partial charge in [0.25, 0.3) is 0 Å². The Morgan fingerprint density at radius 2 is 1.95 bits per heavy atom. The Balaban J connectivity index is 2.56. The molecule has 21 heavy (non-hydrogen) atoms. The Bertz CT molecular complexity index is 628. The molecular formula is C19H25NO. The number of likely N-dealkylation sites (N-methyl/N-ethyl adjacent to an activating group) is 1. The van der Waals surface area contributed by atoms with Crippen molar-refractivity contribution in [2.75, 3.05) is 20.2 Å². The minimum Gasteiger partial charge on any atom is -0.496 e. The summed E-state index contributed by atoms with van der Waals surface area (Å²) in [5.74, 6) is 1.44. The highest BCUT2D eigenvalue weighted by atomic mass is 16.5. The minimum atomic E-state index is 0.507. The highest BCUT2D eigenvalue weighted by Gasteiger charge is 2.09. The molecule has 0 aliphatic heterocycles. The van der Waals surface area contributed by atoms with Crippen LogP contribution in [0.25, 0.3) is 16.8 Å². The Morgan fingerprint density at radius 3 is 2.62 bits per heavy atom. The first-order valence-corrected chi connectivity index (χ1v) is 7.64. The first kappa shape index (κ1) is 15.6. The molecule has 0 aliphatic carbocycles. The van der Waals surface area contributed by atoms with Gasteiger partial charge in [0, 0.05) is 12.1 Å². The van der Waals surface area contributed by atoms with Gasteiger partial charge in [0.2, 0.25) is 0 Å². The van der Waals surface area contributed by atoms with Crippen molar-refractivity contribution >= 4 is 16.8 Å². The molecular weight excluding hydrogens is 258 g/mol. The van der Waals surface area contributed by atoms with Gasteiger partial charge in [-0.05, 0) is 35.4 Å². The normalized spacial score (nSPS) is 12.1. The van der Waals surface area contributed by atoms with Gasteiger partial charge in [-0.2, -0.15) is 0 Å². The van der Waals surface area contributed by atoms with Crippen molar-refractivity contribution in [2.24, 2.45) is 5.92 Å². The number of benzene rings is 2. The van der Waals surface area contributed by atoms with E-state index in [1.807, 2.05) is 0 Å². The highest BCUT2D eigenvalue weighted by Crippen LogP contribution is 2.31. The molecule has 0 heterocycles. The third-order valence-electron chi connectivity index (χ3n) is 3.80. The van der Waals surface area contributed by atoms with Gasteiger partial charge in [0.1, 0.15) is 5.75 Å². The van der Waals surface area contributed by atoms with Crippen molar-refractivity contribution in [3.63, 3.8) is 0 Å². The van der Waals surface area contributed by atoms with Crippen LogP contribution in [0.15, 0.2) is 42.0 Å². The molecule has 0 saturated carbocycles. The van der Waals surface area contributed by atoms with Crippen molar-refractivity contribution in [2.45, 2.75) is 20.8 Å². The predicted molar refractivity (Wildman–Crippen MR) is 91.9 cm³/mol. The zero-order valence-corrected chi connectivity index (χ0v) is 13.4. The topological polar surface area (TPSA) is 21.3 Å². The fourth-order valence-electron chi connectivity index (χ4n) is 2.48. The van der Waals surface area contributed by atoms with Gasteiger partial charge in [-0.25, -0.2) is 0 Å². The maximum absolute atomic E-state index is 5.57. The van der Waals surface area contributed by atoms with Gasteiger partial charge in [0.15, 0.2) is 0 Å². The Kier molecular flexibility index (Phi) is 5.40. The number of rotatable bonds is 6. The molecule has 2 rings (SSSR count). The predicted octanol–water partition coefficient (Wildman–Crippen LogP) is 4.50. The van der Waals surface area contributed by atoms with E-state index in [2.05, 4.69) is 68.6 Å². The molecule has 0 bridgehead atoms. The Labute approximate surface area is 127 Å². The standard InChI is InChI=1S/C19H25NO/c1-5-20-13-16(14(2)3)12-18-17-9-7-6-8-15(17)10-11-19(18)21-4/h6-12,14,20H,5,13H2,1-4H3. The molecule has 1 N–H and O–H groups in total. The lowest BCUT2D eigenvalue weighted by Crippen LogP contribution is -2.18. The van der Waals surface area contributed by atoms with Gasteiger partial charge >= 0.3 is 0 Å². The number of ether oxygens (including phenoxy) is 1. The number of fused-ring (bicyclic) bond motifs is 1. The molecule has 0 unspecified atom stereocenters. The lowest BCUT2D eigenvalue weighted by Gasteiger charge is -2.15. The van der Waals surface area contributed by atoms with Gasteiger partial charge in [0.05, 0.1) is 7.11 Å². The van der Waals surface area contributed by atoms with Gasteiger partial charge in [-0.15, -0.1) is 0 Å². The maximum Gasteiger partial charge on any atom is 0.126 e. The zero-order valence-electron chi connectivity index (χ0n) is 13.4. The second-order valence-electron chi connectivity index (χ2n) is 5.56. The molecule has 2 nitrogen and oxygen atoms in total. The van der Waals surface area contributed by atoms with Crippen molar-refractivity contribution in [3.05, 3.63) is 47.5 Å². The summed E-state index contributed by atoms with van der Waals surface area (Å²) in [6.07, 6.45) is 2.29. The van der Waals surface area contributed by atoms with E-state index in [-0.39, 0.29) is 0 Å². The SMILES string of the molecule is CCNCC(=Cc1c(OC)ccc2ccccc12)C(C)C. The summed E-state index contributed by atoms with van der Waals surface area (Å²) in [7, 11) is 1.74. The lowest BCUT2D eigenvalue weighted by molar-refractivity contribution is 0.414.